The van der Waals surface area contributed by atoms with Crippen LogP contribution in [0.15, 0.2) is 36.4 Å². The van der Waals surface area contributed by atoms with E-state index in [-0.39, 0.29) is 18.3 Å². The molecule has 0 saturated heterocycles. The van der Waals surface area contributed by atoms with Crippen molar-refractivity contribution in [1.82, 2.24) is 0 Å². The van der Waals surface area contributed by atoms with Gasteiger partial charge in [-0.25, -0.2) is 4.39 Å². The average molecular weight is 327 g/mol. The van der Waals surface area contributed by atoms with Crippen molar-refractivity contribution in [2.24, 2.45) is 0 Å². The van der Waals surface area contributed by atoms with Crippen LogP contribution in [-0.2, 0) is 4.79 Å². The van der Waals surface area contributed by atoms with Crippen LogP contribution in [0.4, 0.5) is 21.5 Å². The fourth-order valence-corrected chi connectivity index (χ4v) is 2.98. The summed E-state index contributed by atoms with van der Waals surface area (Å²) in [6.07, 6.45) is 0. The van der Waals surface area contributed by atoms with Gasteiger partial charge in [-0.2, -0.15) is 0 Å². The number of anilines is 3. The Labute approximate surface area is 141 Å². The zero-order valence-corrected chi connectivity index (χ0v) is 14.3. The van der Waals surface area contributed by atoms with Crippen LogP contribution >= 0.6 is 0 Å². The third-order valence-corrected chi connectivity index (χ3v) is 4.40. The number of nitrogens with one attached hydrogen (secondary N) is 1. The van der Waals surface area contributed by atoms with Gasteiger partial charge < -0.3 is 15.1 Å². The van der Waals surface area contributed by atoms with Crippen molar-refractivity contribution in [3.63, 3.8) is 0 Å². The molecule has 0 aliphatic carbocycles. The summed E-state index contributed by atoms with van der Waals surface area (Å²) in [5, 5.41) is 2.98. The summed E-state index contributed by atoms with van der Waals surface area (Å²) in [6.45, 7) is 5.71. The minimum atomic E-state index is -0.262. The molecule has 1 amide bonds. The van der Waals surface area contributed by atoms with Crippen LogP contribution < -0.4 is 15.1 Å². The Morgan fingerprint density at radius 1 is 1.12 bits per heavy atom. The van der Waals surface area contributed by atoms with E-state index in [2.05, 4.69) is 5.32 Å². The first-order valence-corrected chi connectivity index (χ1v) is 8.07. The number of halogens is 1. The Morgan fingerprint density at radius 3 is 2.71 bits per heavy atom. The Kier molecular flexibility index (Phi) is 4.42. The summed E-state index contributed by atoms with van der Waals surface area (Å²) in [7, 11) is 1.94. The zero-order valence-electron chi connectivity index (χ0n) is 14.3. The molecule has 1 heterocycles. The molecule has 2 aromatic carbocycles. The maximum Gasteiger partial charge on any atom is 0.243 e. The molecule has 1 N–H and O–H groups in total. The van der Waals surface area contributed by atoms with E-state index in [9.17, 15) is 9.18 Å². The maximum atomic E-state index is 13.5. The van der Waals surface area contributed by atoms with Crippen LogP contribution in [0.3, 0.4) is 0 Å². The zero-order chi connectivity index (χ0) is 17.3. The van der Waals surface area contributed by atoms with Gasteiger partial charge in [0.25, 0.3) is 0 Å². The number of hydrogen-bond donors (Lipinski definition) is 1. The molecule has 0 bridgehead atoms. The van der Waals surface area contributed by atoms with Gasteiger partial charge in [0, 0.05) is 25.8 Å². The standard InChI is InChI=1S/C19H22FN3O/c1-13-4-5-14(2)16(10-13)21-19(24)12-23-9-8-22(3)18-11-15(20)6-7-17(18)23/h4-7,10-11H,8-9,12H2,1-3H3,(H,21,24). The number of amides is 1. The first-order chi connectivity index (χ1) is 11.4. The number of benzene rings is 2. The monoisotopic (exact) mass is 327 g/mol. The van der Waals surface area contributed by atoms with E-state index in [0.717, 1.165) is 41.3 Å². The molecule has 24 heavy (non-hydrogen) atoms. The first kappa shape index (κ1) is 16.3. The SMILES string of the molecule is Cc1ccc(C)c(NC(=O)CN2CCN(C)c3cc(F)ccc32)c1. The fraction of sp³-hybridized carbons (Fsp3) is 0.316. The first-order valence-electron chi connectivity index (χ1n) is 8.07. The summed E-state index contributed by atoms with van der Waals surface area (Å²) in [5.41, 5.74) is 4.70. The number of carbonyl (C=O) groups excluding carboxylic acids is 1. The van der Waals surface area contributed by atoms with Crippen molar-refractivity contribution in [3.05, 3.63) is 53.3 Å². The lowest BCUT2D eigenvalue weighted by Gasteiger charge is -2.36. The van der Waals surface area contributed by atoms with E-state index < -0.39 is 0 Å². The van der Waals surface area contributed by atoms with Crippen LogP contribution in [0.2, 0.25) is 0 Å². The highest BCUT2D eigenvalue weighted by molar-refractivity contribution is 5.95. The summed E-state index contributed by atoms with van der Waals surface area (Å²) in [5.74, 6) is -0.328. The molecule has 1 aliphatic rings. The van der Waals surface area contributed by atoms with Gasteiger partial charge in [-0.3, -0.25) is 4.79 Å². The lowest BCUT2D eigenvalue weighted by Crippen LogP contribution is -2.43. The third kappa shape index (κ3) is 3.35. The topological polar surface area (TPSA) is 35.6 Å². The number of hydrogen-bond acceptors (Lipinski definition) is 3. The van der Waals surface area contributed by atoms with E-state index in [1.165, 1.54) is 12.1 Å². The van der Waals surface area contributed by atoms with Gasteiger partial charge in [0.2, 0.25) is 5.91 Å². The smallest absolute Gasteiger partial charge is 0.243 e. The lowest BCUT2D eigenvalue weighted by atomic mass is 10.1. The number of rotatable bonds is 3. The van der Waals surface area contributed by atoms with Crippen LogP contribution in [0.1, 0.15) is 11.1 Å². The van der Waals surface area contributed by atoms with Crippen LogP contribution in [0.5, 0.6) is 0 Å². The second kappa shape index (κ2) is 6.51. The molecule has 0 radical (unpaired) electrons. The average Bonchev–Trinajstić information content (AvgIpc) is 2.54. The number of carbonyl (C=O) groups is 1. The number of likely N-dealkylation sites (N-methyl/N-ethyl adjacent to an activating group) is 1. The summed E-state index contributed by atoms with van der Waals surface area (Å²) in [4.78, 5) is 16.5. The molecular formula is C19H22FN3O. The second-order valence-electron chi connectivity index (χ2n) is 6.34. The molecule has 4 nitrogen and oxygen atoms in total. The third-order valence-electron chi connectivity index (χ3n) is 4.40. The predicted molar refractivity (Wildman–Crippen MR) is 96.4 cm³/mol. The lowest BCUT2D eigenvalue weighted by molar-refractivity contribution is -0.115. The summed E-state index contributed by atoms with van der Waals surface area (Å²) < 4.78 is 13.5. The van der Waals surface area contributed by atoms with Crippen molar-refractivity contribution in [3.8, 4) is 0 Å². The van der Waals surface area contributed by atoms with E-state index >= 15 is 0 Å². The largest absolute Gasteiger partial charge is 0.371 e. The van der Waals surface area contributed by atoms with E-state index in [0.29, 0.717) is 0 Å². The molecule has 0 spiro atoms. The molecule has 5 heteroatoms. The molecule has 0 atom stereocenters. The van der Waals surface area contributed by atoms with Crippen LogP contribution in [0.25, 0.3) is 0 Å². The van der Waals surface area contributed by atoms with Crippen molar-refractivity contribution in [2.75, 3.05) is 41.8 Å². The second-order valence-corrected chi connectivity index (χ2v) is 6.34. The summed E-state index contributed by atoms with van der Waals surface area (Å²) in [6, 6.07) is 10.7. The normalized spacial score (nSPS) is 13.7. The van der Waals surface area contributed by atoms with Gasteiger partial charge in [0.1, 0.15) is 5.82 Å². The molecule has 2 aromatic rings. The van der Waals surface area contributed by atoms with E-state index in [1.54, 1.807) is 6.07 Å². The molecule has 0 saturated carbocycles. The Balaban J connectivity index is 1.76. The van der Waals surface area contributed by atoms with Crippen molar-refractivity contribution in [1.29, 1.82) is 0 Å². The van der Waals surface area contributed by atoms with Crippen LogP contribution in [-0.4, -0.2) is 32.6 Å². The molecule has 0 unspecified atom stereocenters. The minimum absolute atomic E-state index is 0.0662. The predicted octanol–water partition coefficient (Wildman–Crippen LogP) is 3.34. The van der Waals surface area contributed by atoms with Gasteiger partial charge in [0.15, 0.2) is 0 Å². The summed E-state index contributed by atoms with van der Waals surface area (Å²) >= 11 is 0. The van der Waals surface area contributed by atoms with Gasteiger partial charge >= 0.3 is 0 Å². The molecule has 1 aliphatic heterocycles. The van der Waals surface area contributed by atoms with Crippen molar-refractivity contribution in [2.45, 2.75) is 13.8 Å². The fourth-order valence-electron chi connectivity index (χ4n) is 2.98. The molecule has 0 fully saturated rings. The number of aryl methyl sites for hydroxylation is 2. The highest BCUT2D eigenvalue weighted by atomic mass is 19.1. The Morgan fingerprint density at radius 2 is 1.92 bits per heavy atom. The van der Waals surface area contributed by atoms with Crippen molar-refractivity contribution >= 4 is 23.0 Å². The highest BCUT2D eigenvalue weighted by Crippen LogP contribution is 2.32. The van der Waals surface area contributed by atoms with Gasteiger partial charge in [0.05, 0.1) is 17.9 Å². The quantitative estimate of drug-likeness (QED) is 0.939. The number of nitrogens with zero attached hydrogens (tertiary/aromatic N) is 2. The molecule has 0 aromatic heterocycles. The Bertz CT molecular complexity index is 775. The van der Waals surface area contributed by atoms with E-state index in [4.69, 9.17) is 0 Å². The number of fused-ring (bicyclic) bond motifs is 1. The van der Waals surface area contributed by atoms with Gasteiger partial charge in [-0.1, -0.05) is 12.1 Å². The van der Waals surface area contributed by atoms with Gasteiger partial charge in [-0.15, -0.1) is 0 Å². The maximum absolute atomic E-state index is 13.5. The van der Waals surface area contributed by atoms with Crippen LogP contribution in [0, 0.1) is 19.7 Å². The van der Waals surface area contributed by atoms with E-state index in [1.807, 2.05) is 48.9 Å². The molecule has 126 valence electrons. The Hall–Kier alpha value is -2.56. The van der Waals surface area contributed by atoms with Crippen molar-refractivity contribution < 1.29 is 9.18 Å². The highest BCUT2D eigenvalue weighted by Gasteiger charge is 2.22. The minimum Gasteiger partial charge on any atom is -0.371 e. The molecule has 3 rings (SSSR count). The van der Waals surface area contributed by atoms with Gasteiger partial charge in [-0.05, 0) is 49.2 Å². The molecular weight excluding hydrogens is 305 g/mol.